The van der Waals surface area contributed by atoms with Gasteiger partial charge in [-0.15, -0.1) is 0 Å². The summed E-state index contributed by atoms with van der Waals surface area (Å²) >= 11 is 0. The van der Waals surface area contributed by atoms with Crippen molar-refractivity contribution in [2.45, 2.75) is 91.8 Å². The van der Waals surface area contributed by atoms with E-state index in [4.69, 9.17) is 9.47 Å². The predicted octanol–water partition coefficient (Wildman–Crippen LogP) is 7.28. The number of carbonyl (C=O) groups excluding carboxylic acids is 4. The van der Waals surface area contributed by atoms with Gasteiger partial charge in [-0.1, -0.05) is 42.5 Å². The van der Waals surface area contributed by atoms with Gasteiger partial charge in [0.1, 0.15) is 23.3 Å². The third-order valence-electron chi connectivity index (χ3n) is 7.59. The van der Waals surface area contributed by atoms with Gasteiger partial charge in [-0.2, -0.15) is 0 Å². The number of hydrogen-bond acceptors (Lipinski definition) is 7. The normalized spacial score (nSPS) is 12.6. The van der Waals surface area contributed by atoms with Crippen molar-refractivity contribution in [2.24, 2.45) is 0 Å². The minimum Gasteiger partial charge on any atom is -0.444 e. The average Bonchev–Trinajstić information content (AvgIpc) is 3.03. The van der Waals surface area contributed by atoms with Gasteiger partial charge in [0.25, 0.3) is 0 Å². The summed E-state index contributed by atoms with van der Waals surface area (Å²) in [6.45, 7) is 15.2. The second-order valence-electron chi connectivity index (χ2n) is 14.1. The molecule has 4 amide bonds. The molecule has 2 atom stereocenters. The lowest BCUT2D eigenvalue weighted by molar-refractivity contribution is -0.120. The highest BCUT2D eigenvalue weighted by Crippen LogP contribution is 2.22. The summed E-state index contributed by atoms with van der Waals surface area (Å²) in [7, 11) is 3.08. The molecule has 0 aromatic heterocycles. The van der Waals surface area contributed by atoms with Crippen LogP contribution in [-0.4, -0.2) is 71.2 Å². The fourth-order valence-corrected chi connectivity index (χ4v) is 4.53. The number of benzene rings is 3. The van der Waals surface area contributed by atoms with Crippen molar-refractivity contribution in [3.8, 4) is 0 Å². The Labute approximate surface area is 290 Å². The Morgan fingerprint density at radius 3 is 1.27 bits per heavy atom. The second-order valence-corrected chi connectivity index (χ2v) is 14.1. The van der Waals surface area contributed by atoms with Crippen molar-refractivity contribution in [1.82, 2.24) is 9.80 Å². The quantitative estimate of drug-likeness (QED) is 0.220. The van der Waals surface area contributed by atoms with E-state index in [0.717, 1.165) is 16.8 Å². The fourth-order valence-electron chi connectivity index (χ4n) is 4.53. The summed E-state index contributed by atoms with van der Waals surface area (Å²) in [5, 5.41) is 5.76. The van der Waals surface area contributed by atoms with E-state index in [9.17, 15) is 19.2 Å². The van der Waals surface area contributed by atoms with Crippen molar-refractivity contribution in [1.29, 1.82) is 0 Å². The van der Waals surface area contributed by atoms with Crippen LogP contribution in [0.2, 0.25) is 0 Å². The van der Waals surface area contributed by atoms with Crippen LogP contribution in [0.5, 0.6) is 0 Å². The lowest BCUT2D eigenvalue weighted by atomic mass is 10.1. The van der Waals surface area contributed by atoms with Crippen LogP contribution < -0.4 is 15.5 Å². The zero-order chi connectivity index (χ0) is 36.5. The first-order valence-electron chi connectivity index (χ1n) is 16.3. The number of rotatable bonds is 11. The average molecular weight is 674 g/mol. The van der Waals surface area contributed by atoms with Gasteiger partial charge in [-0.3, -0.25) is 19.4 Å². The standard InChI is InChI=1S/C38H51N5O6/c1-26(41(9)35(46)48-37(3,4)5)33(44)39-30-20-16-28(17-21-30)24-43(32-14-12-11-13-15-32)25-29-18-22-31(23-19-29)40-34(45)27(2)42(10)36(47)49-38(6,7)8/h11-23,26-27H,24-25H2,1-10H3,(H,39,44)(H,40,45)/t26-,27-/m0/s1. The molecule has 0 fully saturated rings. The topological polar surface area (TPSA) is 121 Å². The van der Waals surface area contributed by atoms with E-state index in [0.29, 0.717) is 24.5 Å². The summed E-state index contributed by atoms with van der Waals surface area (Å²) in [5.41, 5.74) is 3.03. The Morgan fingerprint density at radius 1 is 0.592 bits per heavy atom. The van der Waals surface area contributed by atoms with Crippen LogP contribution in [0.3, 0.4) is 0 Å². The van der Waals surface area contributed by atoms with E-state index in [2.05, 4.69) is 15.5 Å². The Bertz CT molecular complexity index is 1460. The highest BCUT2D eigenvalue weighted by atomic mass is 16.6. The SMILES string of the molecule is C[C@@H](C(=O)Nc1ccc(CN(Cc2ccc(NC(=O)[C@H](C)N(C)C(=O)OC(C)(C)C)cc2)c2ccccc2)cc1)N(C)C(=O)OC(C)(C)C. The number of likely N-dealkylation sites (N-methyl/N-ethyl adjacent to an activating group) is 2. The molecule has 0 radical (unpaired) electrons. The monoisotopic (exact) mass is 673 g/mol. The van der Waals surface area contributed by atoms with Gasteiger partial charge in [0.15, 0.2) is 0 Å². The number of para-hydroxylation sites is 1. The van der Waals surface area contributed by atoms with Crippen molar-refractivity contribution in [2.75, 3.05) is 29.6 Å². The maximum Gasteiger partial charge on any atom is 0.410 e. The van der Waals surface area contributed by atoms with E-state index in [1.54, 1.807) is 55.4 Å². The molecule has 49 heavy (non-hydrogen) atoms. The Kier molecular flexibility index (Phi) is 12.8. The molecule has 0 saturated carbocycles. The van der Waals surface area contributed by atoms with Gasteiger partial charge in [0, 0.05) is 44.2 Å². The number of nitrogens with zero attached hydrogens (tertiary/aromatic N) is 3. The van der Waals surface area contributed by atoms with Crippen LogP contribution >= 0.6 is 0 Å². The van der Waals surface area contributed by atoms with Crippen molar-refractivity contribution in [3.05, 3.63) is 90.0 Å². The van der Waals surface area contributed by atoms with E-state index in [-0.39, 0.29) is 11.8 Å². The van der Waals surface area contributed by atoms with Gasteiger partial charge in [-0.05, 0) is 103 Å². The lowest BCUT2D eigenvalue weighted by Crippen LogP contribution is -2.45. The first kappa shape index (κ1) is 38.4. The molecule has 0 aliphatic heterocycles. The second kappa shape index (κ2) is 16.4. The van der Waals surface area contributed by atoms with Gasteiger partial charge >= 0.3 is 12.2 Å². The highest BCUT2D eigenvalue weighted by Gasteiger charge is 2.28. The first-order chi connectivity index (χ1) is 22.8. The van der Waals surface area contributed by atoms with Crippen LogP contribution in [0.25, 0.3) is 0 Å². The Balaban J connectivity index is 1.64. The molecule has 0 heterocycles. The van der Waals surface area contributed by atoms with Crippen molar-refractivity contribution in [3.63, 3.8) is 0 Å². The molecule has 11 nitrogen and oxygen atoms in total. The van der Waals surface area contributed by atoms with Gasteiger partial charge in [0.2, 0.25) is 11.8 Å². The summed E-state index contributed by atoms with van der Waals surface area (Å²) < 4.78 is 10.8. The zero-order valence-electron chi connectivity index (χ0n) is 30.4. The van der Waals surface area contributed by atoms with E-state index >= 15 is 0 Å². The first-order valence-corrected chi connectivity index (χ1v) is 16.3. The summed E-state index contributed by atoms with van der Waals surface area (Å²) in [6.07, 6.45) is -1.13. The molecule has 3 aromatic rings. The third kappa shape index (κ3) is 12.2. The molecule has 0 aliphatic carbocycles. The molecule has 3 rings (SSSR count). The van der Waals surface area contributed by atoms with Crippen LogP contribution in [0.15, 0.2) is 78.9 Å². The number of amides is 4. The third-order valence-corrected chi connectivity index (χ3v) is 7.59. The Hall–Kier alpha value is -5.06. The van der Waals surface area contributed by atoms with Gasteiger partial charge in [0.05, 0.1) is 0 Å². The Morgan fingerprint density at radius 2 is 0.939 bits per heavy atom. The minimum absolute atomic E-state index is 0.323. The number of ether oxygens (including phenoxy) is 2. The molecule has 11 heteroatoms. The molecular formula is C38H51N5O6. The molecule has 3 aromatic carbocycles. The predicted molar refractivity (Wildman–Crippen MR) is 193 cm³/mol. The zero-order valence-corrected chi connectivity index (χ0v) is 30.4. The highest BCUT2D eigenvalue weighted by molar-refractivity contribution is 5.97. The summed E-state index contributed by atoms with van der Waals surface area (Å²) in [6, 6.07) is 23.8. The largest absolute Gasteiger partial charge is 0.444 e. The molecule has 0 spiro atoms. The van der Waals surface area contributed by atoms with Gasteiger partial charge in [-0.25, -0.2) is 9.59 Å². The molecule has 0 aliphatic rings. The number of carbonyl (C=O) groups is 4. The van der Waals surface area contributed by atoms with Crippen molar-refractivity contribution < 1.29 is 28.7 Å². The minimum atomic E-state index is -0.732. The fraction of sp³-hybridized carbons (Fsp3) is 0.421. The molecule has 0 unspecified atom stereocenters. The summed E-state index contributed by atoms with van der Waals surface area (Å²) in [4.78, 5) is 55.3. The van der Waals surface area contributed by atoms with E-state index in [1.807, 2.05) is 78.9 Å². The van der Waals surface area contributed by atoms with E-state index < -0.39 is 35.5 Å². The maximum absolute atomic E-state index is 12.9. The molecule has 264 valence electrons. The number of hydrogen-bond donors (Lipinski definition) is 2. The molecular weight excluding hydrogens is 622 g/mol. The number of anilines is 3. The van der Waals surface area contributed by atoms with Crippen LogP contribution in [0.4, 0.5) is 26.7 Å². The summed E-state index contributed by atoms with van der Waals surface area (Å²) in [5.74, 6) is -0.646. The lowest BCUT2D eigenvalue weighted by Gasteiger charge is -2.28. The molecule has 2 N–H and O–H groups in total. The van der Waals surface area contributed by atoms with Crippen LogP contribution in [0, 0.1) is 0 Å². The number of nitrogens with one attached hydrogen (secondary N) is 2. The van der Waals surface area contributed by atoms with E-state index in [1.165, 1.54) is 23.9 Å². The molecule has 0 bridgehead atoms. The van der Waals surface area contributed by atoms with Gasteiger partial charge < -0.3 is 25.0 Å². The van der Waals surface area contributed by atoms with Crippen LogP contribution in [0.1, 0.15) is 66.5 Å². The smallest absolute Gasteiger partial charge is 0.410 e. The maximum atomic E-state index is 12.9. The van der Waals surface area contributed by atoms with Crippen molar-refractivity contribution >= 4 is 41.1 Å². The van der Waals surface area contributed by atoms with Crippen LogP contribution in [-0.2, 0) is 32.2 Å². The molecule has 0 saturated heterocycles.